The third kappa shape index (κ3) is 7.48. The van der Waals surface area contributed by atoms with Crippen molar-refractivity contribution in [3.8, 4) is 22.3 Å². The van der Waals surface area contributed by atoms with Crippen LogP contribution in [0.3, 0.4) is 0 Å². The zero-order chi connectivity index (χ0) is 27.1. The molecule has 0 heterocycles. The zero-order valence-corrected chi connectivity index (χ0v) is 28.2. The molecule has 0 aliphatic carbocycles. The Kier molecular flexibility index (Phi) is 13.2. The van der Waals surface area contributed by atoms with Crippen molar-refractivity contribution < 1.29 is 23.3 Å². The van der Waals surface area contributed by atoms with E-state index in [2.05, 4.69) is 150 Å². The maximum absolute atomic E-state index is 3.06. The minimum atomic E-state index is 0. The van der Waals surface area contributed by atoms with Gasteiger partial charge in [-0.15, -0.1) is 68.6 Å². The average molecular weight is 616 g/mol. The molecule has 0 atom stereocenters. The number of benzene rings is 4. The number of fused-ring (bicyclic) bond motifs is 2. The molecule has 0 unspecified atom stereocenters. The first-order valence-corrected chi connectivity index (χ1v) is 17.5. The second-order valence-electron chi connectivity index (χ2n) is 9.96. The molecule has 0 saturated heterocycles. The molecule has 204 valence electrons. The van der Waals surface area contributed by atoms with Crippen molar-refractivity contribution in [1.29, 1.82) is 0 Å². The van der Waals surface area contributed by atoms with Crippen LogP contribution in [0, 0.1) is 21.8 Å². The first kappa shape index (κ1) is 33.4. The van der Waals surface area contributed by atoms with Gasteiger partial charge >= 0.3 is 30.2 Å². The number of aryl methyl sites for hydroxylation is 2. The third-order valence-corrected chi connectivity index (χ3v) is 7.18. The summed E-state index contributed by atoms with van der Waals surface area (Å²) >= 11 is 1.36. The quantitative estimate of drug-likeness (QED) is 0.137. The van der Waals surface area contributed by atoms with Crippen LogP contribution >= 0.6 is 0 Å². The fourth-order valence-corrected chi connectivity index (χ4v) is 5.04. The zero-order valence-electron chi connectivity index (χ0n) is 24.8. The van der Waals surface area contributed by atoms with Crippen LogP contribution in [0.5, 0.6) is 0 Å². The molecular weight excluding hydrogens is 576 g/mol. The Labute approximate surface area is 259 Å². The summed E-state index contributed by atoms with van der Waals surface area (Å²) in [5.41, 5.74) is 9.49. The summed E-state index contributed by atoms with van der Waals surface area (Å²) in [6.07, 6.45) is 1.10. The Bertz CT molecular complexity index is 1600. The van der Waals surface area contributed by atoms with Crippen molar-refractivity contribution >= 4 is 28.4 Å². The van der Waals surface area contributed by atoms with Crippen LogP contribution in [-0.2, 0) is 29.8 Å². The molecule has 6 rings (SSSR count). The van der Waals surface area contributed by atoms with Gasteiger partial charge in [0, 0.05) is 0 Å². The van der Waals surface area contributed by atoms with Crippen LogP contribution in [-0.4, -0.2) is 6.88 Å². The van der Waals surface area contributed by atoms with Crippen LogP contribution in [0.25, 0.3) is 43.8 Å². The normalized spacial score (nSPS) is 10.1. The summed E-state index contributed by atoms with van der Waals surface area (Å²) in [7, 11) is 0. The molecule has 0 N–H and O–H groups in total. The molecule has 0 aliphatic heterocycles. The molecule has 0 aliphatic rings. The van der Waals surface area contributed by atoms with E-state index < -0.39 is 0 Å². The first-order valence-electron chi connectivity index (χ1n) is 13.3. The van der Waals surface area contributed by atoms with Gasteiger partial charge in [-0.05, 0) is 23.5 Å². The van der Waals surface area contributed by atoms with Crippen molar-refractivity contribution in [2.24, 2.45) is 0 Å². The number of rotatable bonds is 4. The van der Waals surface area contributed by atoms with E-state index in [1.807, 2.05) is 0 Å². The van der Waals surface area contributed by atoms with E-state index in [1.165, 1.54) is 83.8 Å². The second kappa shape index (κ2) is 15.8. The van der Waals surface area contributed by atoms with Crippen LogP contribution < -0.4 is 0 Å². The monoisotopic (exact) mass is 614 g/mol. The summed E-state index contributed by atoms with van der Waals surface area (Å²) in [6, 6.07) is 41.6. The SMILES string of the molecule is CC(C)c1cc2c(-c3ccccc3)cccc2[cH-]1.CCc1cc2c(-c3ccccc3)ccc(C)c2[cH-]1.[CH3-].[CH3-].[Si]=[Zr]. The van der Waals surface area contributed by atoms with Gasteiger partial charge in [0.2, 0.25) is 0 Å². The van der Waals surface area contributed by atoms with Crippen molar-refractivity contribution in [1.82, 2.24) is 0 Å². The molecule has 6 aromatic rings. The fourth-order valence-electron chi connectivity index (χ4n) is 5.04. The molecule has 0 aromatic heterocycles. The van der Waals surface area contributed by atoms with Crippen molar-refractivity contribution in [2.45, 2.75) is 40.0 Å². The Morgan fingerprint density at radius 2 is 1.25 bits per heavy atom. The Morgan fingerprint density at radius 3 is 1.80 bits per heavy atom. The van der Waals surface area contributed by atoms with Crippen LogP contribution in [0.1, 0.15) is 43.4 Å². The molecule has 40 heavy (non-hydrogen) atoms. The van der Waals surface area contributed by atoms with Gasteiger partial charge in [0.25, 0.3) is 0 Å². The predicted molar refractivity (Wildman–Crippen MR) is 177 cm³/mol. The summed E-state index contributed by atoms with van der Waals surface area (Å²) < 4.78 is 0. The van der Waals surface area contributed by atoms with Crippen LogP contribution in [0.15, 0.2) is 115 Å². The molecular formula is C38H40SiZr-4. The predicted octanol–water partition coefficient (Wildman–Crippen LogP) is 11.0. The van der Waals surface area contributed by atoms with E-state index in [-0.39, 0.29) is 14.9 Å². The van der Waals surface area contributed by atoms with Crippen molar-refractivity contribution in [3.63, 3.8) is 0 Å². The van der Waals surface area contributed by atoms with Crippen molar-refractivity contribution in [3.05, 3.63) is 147 Å². The molecule has 0 spiro atoms. The first-order chi connectivity index (χ1) is 18.5. The maximum atomic E-state index is 3.06. The van der Waals surface area contributed by atoms with Crippen LogP contribution in [0.4, 0.5) is 0 Å². The molecule has 0 amide bonds. The summed E-state index contributed by atoms with van der Waals surface area (Å²) in [6.45, 7) is 12.0. The summed E-state index contributed by atoms with van der Waals surface area (Å²) in [5.74, 6) is 0.584. The molecule has 2 radical (unpaired) electrons. The molecule has 2 heteroatoms. The van der Waals surface area contributed by atoms with Gasteiger partial charge in [-0.25, -0.2) is 0 Å². The number of hydrogen-bond acceptors (Lipinski definition) is 0. The summed E-state index contributed by atoms with van der Waals surface area (Å²) in [4.78, 5) is 0. The van der Waals surface area contributed by atoms with E-state index in [0.717, 1.165) is 6.42 Å². The summed E-state index contributed by atoms with van der Waals surface area (Å²) in [5, 5.41) is 5.50. The Hall–Kier alpha value is -2.80. The second-order valence-corrected chi connectivity index (χ2v) is 9.96. The van der Waals surface area contributed by atoms with E-state index >= 15 is 0 Å². The van der Waals surface area contributed by atoms with Crippen LogP contribution in [0.2, 0.25) is 0 Å². The van der Waals surface area contributed by atoms with Gasteiger partial charge < -0.3 is 14.9 Å². The van der Waals surface area contributed by atoms with E-state index in [4.69, 9.17) is 0 Å². The van der Waals surface area contributed by atoms with E-state index in [0.29, 0.717) is 5.92 Å². The van der Waals surface area contributed by atoms with Gasteiger partial charge in [0.05, 0.1) is 0 Å². The third-order valence-electron chi connectivity index (χ3n) is 7.18. The molecule has 0 bridgehead atoms. The minimum absolute atomic E-state index is 0. The van der Waals surface area contributed by atoms with Gasteiger partial charge in [-0.1, -0.05) is 112 Å². The number of hydrogen-bond donors (Lipinski definition) is 0. The standard InChI is InChI=1S/2C18H17.2CH3.Si.Zr/c1-13(2)16-11-15-9-6-10-17(18(15)12-16)14-7-4-3-5-8-14;1-3-14-11-17-13(2)9-10-16(18(17)12-14)15-7-5-4-6-8-15;;;;/h3-13H,1-2H3;4-12H,3H2,1-2H3;2*1H3;;/q4*-1;;. The van der Waals surface area contributed by atoms with Gasteiger partial charge in [-0.2, -0.15) is 12.1 Å². The van der Waals surface area contributed by atoms with Gasteiger partial charge in [0.1, 0.15) is 0 Å². The molecule has 6 aromatic carbocycles. The molecule has 0 nitrogen and oxygen atoms in total. The van der Waals surface area contributed by atoms with Crippen molar-refractivity contribution in [2.75, 3.05) is 0 Å². The van der Waals surface area contributed by atoms with Gasteiger partial charge in [-0.3, -0.25) is 0 Å². The molecule has 0 fully saturated rings. The topological polar surface area (TPSA) is 0 Å². The fraction of sp³-hybridized carbons (Fsp3) is 0.158. The van der Waals surface area contributed by atoms with E-state index in [1.54, 1.807) is 0 Å². The van der Waals surface area contributed by atoms with Gasteiger partial charge in [0.15, 0.2) is 0 Å². The van der Waals surface area contributed by atoms with E-state index in [9.17, 15) is 0 Å². The average Bonchev–Trinajstić information content (AvgIpc) is 3.61. The molecule has 0 saturated carbocycles. The Balaban J connectivity index is 0.000000252. The Morgan fingerprint density at radius 1 is 0.675 bits per heavy atom.